The minimum absolute atomic E-state index is 0.192. The fourth-order valence-corrected chi connectivity index (χ4v) is 4.91. The van der Waals surface area contributed by atoms with Crippen LogP contribution in [0.1, 0.15) is 40.9 Å². The molecule has 1 saturated carbocycles. The van der Waals surface area contributed by atoms with Crippen molar-refractivity contribution < 1.29 is 28.6 Å². The second kappa shape index (κ2) is 8.73. The van der Waals surface area contributed by atoms with Gasteiger partial charge in [0.25, 0.3) is 0 Å². The van der Waals surface area contributed by atoms with Crippen molar-refractivity contribution in [3.8, 4) is 11.1 Å². The van der Waals surface area contributed by atoms with Crippen LogP contribution in [0.25, 0.3) is 11.1 Å². The number of carbonyl (C=O) groups is 3. The van der Waals surface area contributed by atoms with E-state index >= 15 is 0 Å². The minimum Gasteiger partial charge on any atom is -0.481 e. The average molecular weight is 419 g/mol. The largest absolute Gasteiger partial charge is 0.481 e. The summed E-state index contributed by atoms with van der Waals surface area (Å²) in [6, 6.07) is 5.71. The Hall–Kier alpha value is -2.74. The summed E-state index contributed by atoms with van der Waals surface area (Å²) in [5.41, 5.74) is 1.38. The molecule has 1 amide bonds. The number of nitrogens with one attached hydrogen (secondary N) is 1. The van der Waals surface area contributed by atoms with Crippen LogP contribution in [0.5, 0.6) is 0 Å². The summed E-state index contributed by atoms with van der Waals surface area (Å²) in [5, 5.41) is 12.5. The molecule has 0 radical (unpaired) electrons. The first-order valence-electron chi connectivity index (χ1n) is 9.34. The molecule has 3 rings (SSSR count). The second-order valence-electron chi connectivity index (χ2n) is 7.06. The van der Waals surface area contributed by atoms with E-state index in [9.17, 15) is 23.9 Å². The van der Waals surface area contributed by atoms with E-state index in [1.165, 1.54) is 30.6 Å². The fourth-order valence-electron chi connectivity index (χ4n) is 3.84. The summed E-state index contributed by atoms with van der Waals surface area (Å²) in [6.07, 6.45) is 2.52. The number of carboxylic acids is 1. The molecular formula is C21H22FNO5S. The Morgan fingerprint density at radius 3 is 2.34 bits per heavy atom. The summed E-state index contributed by atoms with van der Waals surface area (Å²) < 4.78 is 18.2. The van der Waals surface area contributed by atoms with Crippen molar-refractivity contribution in [2.75, 3.05) is 12.4 Å². The van der Waals surface area contributed by atoms with Gasteiger partial charge in [-0.25, -0.2) is 9.18 Å². The van der Waals surface area contributed by atoms with E-state index in [-0.39, 0.29) is 5.56 Å². The number of amides is 1. The number of aryl methyl sites for hydroxylation is 1. The summed E-state index contributed by atoms with van der Waals surface area (Å²) in [4.78, 5) is 37.7. The number of hydrogen-bond donors (Lipinski definition) is 2. The van der Waals surface area contributed by atoms with Crippen LogP contribution in [0.4, 0.5) is 9.39 Å². The van der Waals surface area contributed by atoms with Crippen LogP contribution < -0.4 is 5.32 Å². The van der Waals surface area contributed by atoms with E-state index in [0.29, 0.717) is 29.0 Å². The third-order valence-corrected chi connectivity index (χ3v) is 6.28. The first kappa shape index (κ1) is 21.0. The SMILES string of the molecule is COC(=O)c1c(NC(=O)[C@H]2CCCC[C@@H]2C(=O)O)sc(C)c1-c1ccc(F)cc1. The maximum atomic E-state index is 13.3. The molecule has 1 heterocycles. The Balaban J connectivity index is 1.98. The predicted molar refractivity (Wildman–Crippen MR) is 108 cm³/mol. The van der Waals surface area contributed by atoms with Crippen LogP contribution >= 0.6 is 11.3 Å². The van der Waals surface area contributed by atoms with Gasteiger partial charge < -0.3 is 15.2 Å². The number of hydrogen-bond acceptors (Lipinski definition) is 5. The van der Waals surface area contributed by atoms with E-state index in [4.69, 9.17) is 4.74 Å². The molecule has 1 aliphatic carbocycles. The molecule has 1 aromatic heterocycles. The number of aliphatic carboxylic acids is 1. The van der Waals surface area contributed by atoms with Gasteiger partial charge in [0.05, 0.1) is 18.9 Å². The third kappa shape index (κ3) is 4.32. The zero-order valence-electron chi connectivity index (χ0n) is 16.2. The Morgan fingerprint density at radius 2 is 1.76 bits per heavy atom. The van der Waals surface area contributed by atoms with E-state index in [1.807, 2.05) is 0 Å². The smallest absolute Gasteiger partial charge is 0.341 e. The van der Waals surface area contributed by atoms with Crippen molar-refractivity contribution in [2.24, 2.45) is 11.8 Å². The van der Waals surface area contributed by atoms with Gasteiger partial charge in [-0.1, -0.05) is 25.0 Å². The molecule has 0 aliphatic heterocycles. The standard InChI is InChI=1S/C21H22FNO5S/c1-11-16(12-7-9-13(22)10-8-12)17(21(27)28-2)19(29-11)23-18(24)14-5-3-4-6-15(14)20(25)26/h7-10,14-15H,3-6H2,1-2H3,(H,23,24)(H,25,26)/t14-,15-/m0/s1. The lowest BCUT2D eigenvalue weighted by atomic mass is 9.78. The lowest BCUT2D eigenvalue weighted by Crippen LogP contribution is -2.36. The lowest BCUT2D eigenvalue weighted by molar-refractivity contribution is -0.147. The molecule has 2 atom stereocenters. The number of carboxylic acid groups (broad SMARTS) is 1. The number of ether oxygens (including phenoxy) is 1. The van der Waals surface area contributed by atoms with Crippen LogP contribution in [0.3, 0.4) is 0 Å². The zero-order valence-corrected chi connectivity index (χ0v) is 17.0. The first-order chi connectivity index (χ1) is 13.8. The monoisotopic (exact) mass is 419 g/mol. The molecule has 1 aliphatic rings. The molecule has 0 bridgehead atoms. The van der Waals surface area contributed by atoms with Gasteiger partial charge in [-0.2, -0.15) is 0 Å². The highest BCUT2D eigenvalue weighted by Gasteiger charge is 2.36. The lowest BCUT2D eigenvalue weighted by Gasteiger charge is -2.27. The van der Waals surface area contributed by atoms with E-state index in [1.54, 1.807) is 19.1 Å². The van der Waals surface area contributed by atoms with E-state index < -0.39 is 35.5 Å². The number of thiophene rings is 1. The van der Waals surface area contributed by atoms with Gasteiger partial charge in [0.2, 0.25) is 5.91 Å². The number of benzene rings is 1. The predicted octanol–water partition coefficient (Wildman–Crippen LogP) is 4.48. The van der Waals surface area contributed by atoms with Crippen molar-refractivity contribution in [3.05, 3.63) is 40.5 Å². The molecule has 1 fully saturated rings. The van der Waals surface area contributed by atoms with Crippen molar-refractivity contribution in [3.63, 3.8) is 0 Å². The average Bonchev–Trinajstić information content (AvgIpc) is 3.03. The molecule has 0 saturated heterocycles. The fraction of sp³-hybridized carbons (Fsp3) is 0.381. The molecule has 2 aromatic rings. The Bertz CT molecular complexity index is 937. The first-order valence-corrected chi connectivity index (χ1v) is 10.2. The van der Waals surface area contributed by atoms with E-state index in [0.717, 1.165) is 17.7 Å². The molecule has 2 N–H and O–H groups in total. The van der Waals surface area contributed by atoms with Crippen LogP contribution in [0.15, 0.2) is 24.3 Å². The van der Waals surface area contributed by atoms with Crippen molar-refractivity contribution in [1.29, 1.82) is 0 Å². The zero-order chi connectivity index (χ0) is 21.1. The van der Waals surface area contributed by atoms with Gasteiger partial charge in [-0.3, -0.25) is 9.59 Å². The van der Waals surface area contributed by atoms with Gasteiger partial charge in [0.15, 0.2) is 0 Å². The van der Waals surface area contributed by atoms with Crippen LogP contribution in [0.2, 0.25) is 0 Å². The molecular weight excluding hydrogens is 397 g/mol. The summed E-state index contributed by atoms with van der Waals surface area (Å²) in [5.74, 6) is -3.79. The van der Waals surface area contributed by atoms with Crippen molar-refractivity contribution >= 4 is 34.2 Å². The Kier molecular flexibility index (Phi) is 6.32. The maximum absolute atomic E-state index is 13.3. The van der Waals surface area contributed by atoms with Crippen LogP contribution in [-0.2, 0) is 14.3 Å². The van der Waals surface area contributed by atoms with Gasteiger partial charge in [-0.15, -0.1) is 11.3 Å². The second-order valence-corrected chi connectivity index (χ2v) is 8.29. The van der Waals surface area contributed by atoms with Crippen LogP contribution in [0, 0.1) is 24.6 Å². The Labute approximate surface area is 171 Å². The number of methoxy groups -OCH3 is 1. The maximum Gasteiger partial charge on any atom is 0.341 e. The third-order valence-electron chi connectivity index (χ3n) is 5.26. The molecule has 0 unspecified atom stereocenters. The number of carbonyl (C=O) groups excluding carboxylic acids is 2. The van der Waals surface area contributed by atoms with Gasteiger partial charge in [-0.05, 0) is 37.5 Å². The molecule has 29 heavy (non-hydrogen) atoms. The summed E-state index contributed by atoms with van der Waals surface area (Å²) in [6.45, 7) is 1.80. The molecule has 154 valence electrons. The van der Waals surface area contributed by atoms with Crippen LogP contribution in [-0.4, -0.2) is 30.1 Å². The van der Waals surface area contributed by atoms with Gasteiger partial charge in [0, 0.05) is 10.4 Å². The molecule has 6 nitrogen and oxygen atoms in total. The quantitative estimate of drug-likeness (QED) is 0.697. The van der Waals surface area contributed by atoms with E-state index in [2.05, 4.69) is 5.32 Å². The summed E-state index contributed by atoms with van der Waals surface area (Å²) in [7, 11) is 1.25. The van der Waals surface area contributed by atoms with Crippen molar-refractivity contribution in [1.82, 2.24) is 0 Å². The molecule has 1 aromatic carbocycles. The number of halogens is 1. The van der Waals surface area contributed by atoms with Gasteiger partial charge >= 0.3 is 11.9 Å². The Morgan fingerprint density at radius 1 is 1.14 bits per heavy atom. The highest BCUT2D eigenvalue weighted by molar-refractivity contribution is 7.17. The molecule has 8 heteroatoms. The number of esters is 1. The number of anilines is 1. The van der Waals surface area contributed by atoms with Gasteiger partial charge in [0.1, 0.15) is 16.4 Å². The topological polar surface area (TPSA) is 92.7 Å². The number of rotatable bonds is 5. The highest BCUT2D eigenvalue weighted by atomic mass is 32.1. The highest BCUT2D eigenvalue weighted by Crippen LogP contribution is 2.41. The summed E-state index contributed by atoms with van der Waals surface area (Å²) >= 11 is 1.21. The van der Waals surface area contributed by atoms with Crippen molar-refractivity contribution in [2.45, 2.75) is 32.6 Å². The molecule has 0 spiro atoms. The normalized spacial score (nSPS) is 18.9. The minimum atomic E-state index is -0.979.